The van der Waals surface area contributed by atoms with Crippen LogP contribution in [0, 0.1) is 6.92 Å². The number of nitrogens with zero attached hydrogens (tertiary/aromatic N) is 3. The van der Waals surface area contributed by atoms with Crippen molar-refractivity contribution in [2.24, 2.45) is 7.05 Å². The maximum atomic E-state index is 12.3. The summed E-state index contributed by atoms with van der Waals surface area (Å²) in [7, 11) is -0.713. The van der Waals surface area contributed by atoms with Crippen molar-refractivity contribution >= 4 is 31.6 Å². The zero-order valence-corrected chi connectivity index (χ0v) is 13.5. The molecule has 2 rings (SSSR count). The van der Waals surface area contributed by atoms with E-state index in [1.807, 2.05) is 0 Å². The van der Waals surface area contributed by atoms with Crippen molar-refractivity contribution in [1.29, 1.82) is 0 Å². The predicted octanol–water partition coefficient (Wildman–Crippen LogP) is 1.70. The molecule has 0 saturated heterocycles. The minimum absolute atomic E-state index is 0.0345. The third kappa shape index (κ3) is 2.78. The van der Waals surface area contributed by atoms with Crippen molar-refractivity contribution in [3.05, 3.63) is 28.4 Å². The Morgan fingerprint density at radius 1 is 1.40 bits per heavy atom. The minimum atomic E-state index is -3.77. The van der Waals surface area contributed by atoms with Crippen LogP contribution in [-0.4, -0.2) is 30.5 Å². The van der Waals surface area contributed by atoms with Crippen LogP contribution in [0.5, 0.6) is 5.75 Å². The number of hydrogen-bond donors (Lipinski definition) is 1. The minimum Gasteiger partial charge on any atom is -0.497 e. The quantitative estimate of drug-likeness (QED) is 0.896. The second kappa shape index (κ2) is 5.41. The molecule has 0 spiro atoms. The average Bonchev–Trinajstić information content (AvgIpc) is 2.72. The maximum absolute atomic E-state index is 12.3. The summed E-state index contributed by atoms with van der Waals surface area (Å²) in [5.41, 5.74) is 1.22. The number of sulfonamides is 1. The molecule has 1 aromatic heterocycles. The Bertz CT molecular complexity index is 723. The maximum Gasteiger partial charge on any atom is 0.281 e. The molecule has 0 aliphatic carbocycles. The van der Waals surface area contributed by atoms with Crippen molar-refractivity contribution in [3.63, 3.8) is 0 Å². The molecule has 7 nitrogen and oxygen atoms in total. The summed E-state index contributed by atoms with van der Waals surface area (Å²) < 4.78 is 33.6. The second-order valence-corrected chi connectivity index (χ2v) is 6.44. The van der Waals surface area contributed by atoms with Gasteiger partial charge in [-0.3, -0.25) is 4.72 Å². The van der Waals surface area contributed by atoms with Gasteiger partial charge in [-0.1, -0.05) is 5.21 Å². The molecule has 0 radical (unpaired) electrons. The molecule has 0 atom stereocenters. The molecule has 0 fully saturated rings. The smallest absolute Gasteiger partial charge is 0.281 e. The molecule has 20 heavy (non-hydrogen) atoms. The number of ether oxygens (including phenoxy) is 1. The van der Waals surface area contributed by atoms with Gasteiger partial charge in [0.25, 0.3) is 10.0 Å². The first kappa shape index (κ1) is 14.8. The van der Waals surface area contributed by atoms with Gasteiger partial charge in [0.1, 0.15) is 5.75 Å². The predicted molar refractivity (Wildman–Crippen MR) is 77.2 cm³/mol. The highest BCUT2D eigenvalue weighted by molar-refractivity contribution is 9.10. The van der Waals surface area contributed by atoms with E-state index in [9.17, 15) is 8.42 Å². The molecular formula is C11H13BrN4O3S. The van der Waals surface area contributed by atoms with E-state index in [4.69, 9.17) is 4.74 Å². The van der Waals surface area contributed by atoms with Crippen molar-refractivity contribution in [3.8, 4) is 5.75 Å². The van der Waals surface area contributed by atoms with E-state index < -0.39 is 10.0 Å². The summed E-state index contributed by atoms with van der Waals surface area (Å²) in [4.78, 5) is 0. The number of rotatable bonds is 4. The summed E-state index contributed by atoms with van der Waals surface area (Å²) >= 11 is 3.07. The number of anilines is 1. The van der Waals surface area contributed by atoms with Gasteiger partial charge in [-0.05, 0) is 46.6 Å². The number of aryl methyl sites for hydroxylation is 2. The van der Waals surface area contributed by atoms with Crippen LogP contribution >= 0.6 is 15.9 Å². The number of hydrogen-bond acceptors (Lipinski definition) is 5. The zero-order chi connectivity index (χ0) is 14.9. The highest BCUT2D eigenvalue weighted by Crippen LogP contribution is 2.25. The fourth-order valence-corrected chi connectivity index (χ4v) is 3.91. The van der Waals surface area contributed by atoms with Crippen LogP contribution in [0.25, 0.3) is 0 Å². The topological polar surface area (TPSA) is 86.1 Å². The third-order valence-corrected chi connectivity index (χ3v) is 4.92. The molecule has 0 saturated carbocycles. The van der Waals surface area contributed by atoms with Crippen molar-refractivity contribution < 1.29 is 13.2 Å². The molecule has 0 unspecified atom stereocenters. The molecule has 2 aromatic rings. The van der Waals surface area contributed by atoms with E-state index in [2.05, 4.69) is 31.0 Å². The van der Waals surface area contributed by atoms with E-state index in [-0.39, 0.29) is 9.63 Å². The first-order valence-electron chi connectivity index (χ1n) is 5.58. The van der Waals surface area contributed by atoms with Gasteiger partial charge < -0.3 is 4.74 Å². The van der Waals surface area contributed by atoms with Gasteiger partial charge >= 0.3 is 0 Å². The molecule has 1 heterocycles. The Morgan fingerprint density at radius 2 is 2.10 bits per heavy atom. The monoisotopic (exact) mass is 360 g/mol. The van der Waals surface area contributed by atoms with E-state index in [1.54, 1.807) is 32.2 Å². The lowest BCUT2D eigenvalue weighted by molar-refractivity contribution is 0.414. The van der Waals surface area contributed by atoms with Crippen LogP contribution in [0.15, 0.2) is 27.8 Å². The van der Waals surface area contributed by atoms with Crippen LogP contribution in [-0.2, 0) is 17.1 Å². The van der Waals surface area contributed by atoms with Crippen LogP contribution in [0.4, 0.5) is 5.69 Å². The lowest BCUT2D eigenvalue weighted by Gasteiger charge is -2.11. The molecule has 0 aliphatic rings. The molecular weight excluding hydrogens is 348 g/mol. The van der Waals surface area contributed by atoms with Crippen LogP contribution in [0.1, 0.15) is 5.56 Å². The number of benzene rings is 1. The second-order valence-electron chi connectivity index (χ2n) is 4.10. The Hall–Kier alpha value is -1.61. The lowest BCUT2D eigenvalue weighted by Crippen LogP contribution is -2.17. The standard InChI is InChI=1S/C11H13BrN4O3S/c1-7-6-8(19-3)4-5-9(7)14-20(17,18)11-10(12)13-15-16(11)2/h4-6,14H,1-3H3. The number of aromatic nitrogens is 3. The molecule has 0 bridgehead atoms. The van der Waals surface area contributed by atoms with E-state index in [0.29, 0.717) is 11.4 Å². The first-order valence-corrected chi connectivity index (χ1v) is 7.85. The van der Waals surface area contributed by atoms with Gasteiger partial charge in [0.2, 0.25) is 5.03 Å². The molecule has 0 amide bonds. The highest BCUT2D eigenvalue weighted by atomic mass is 79.9. The Labute approximate surface area is 125 Å². The van der Waals surface area contributed by atoms with Gasteiger partial charge in [0, 0.05) is 7.05 Å². The highest BCUT2D eigenvalue weighted by Gasteiger charge is 2.24. The Balaban J connectivity index is 2.39. The van der Waals surface area contributed by atoms with E-state index >= 15 is 0 Å². The first-order chi connectivity index (χ1) is 9.35. The Morgan fingerprint density at radius 3 is 2.60 bits per heavy atom. The molecule has 1 aromatic carbocycles. The Kier molecular flexibility index (Phi) is 4.00. The van der Waals surface area contributed by atoms with Crippen LogP contribution < -0.4 is 9.46 Å². The normalized spacial score (nSPS) is 11.4. The summed E-state index contributed by atoms with van der Waals surface area (Å²) in [6.07, 6.45) is 0. The van der Waals surface area contributed by atoms with Gasteiger partial charge in [-0.2, -0.15) is 8.42 Å². The van der Waals surface area contributed by atoms with Gasteiger partial charge in [0.15, 0.2) is 4.60 Å². The van der Waals surface area contributed by atoms with Gasteiger partial charge in [0.05, 0.1) is 12.8 Å². The zero-order valence-electron chi connectivity index (χ0n) is 11.1. The van der Waals surface area contributed by atoms with Crippen LogP contribution in [0.2, 0.25) is 0 Å². The van der Waals surface area contributed by atoms with Gasteiger partial charge in [-0.25, -0.2) is 4.68 Å². The SMILES string of the molecule is COc1ccc(NS(=O)(=O)c2c(Br)nnn2C)c(C)c1. The lowest BCUT2D eigenvalue weighted by atomic mass is 10.2. The average molecular weight is 361 g/mol. The summed E-state index contributed by atoms with van der Waals surface area (Å²) in [6, 6.07) is 5.07. The fraction of sp³-hybridized carbons (Fsp3) is 0.273. The number of nitrogens with one attached hydrogen (secondary N) is 1. The van der Waals surface area contributed by atoms with E-state index in [1.165, 1.54) is 11.7 Å². The van der Waals surface area contributed by atoms with Gasteiger partial charge in [-0.15, -0.1) is 5.10 Å². The fourth-order valence-electron chi connectivity index (χ4n) is 1.68. The summed E-state index contributed by atoms with van der Waals surface area (Å²) in [5, 5.41) is 7.28. The number of methoxy groups -OCH3 is 1. The van der Waals surface area contributed by atoms with Crippen molar-refractivity contribution in [2.45, 2.75) is 11.9 Å². The van der Waals surface area contributed by atoms with Crippen molar-refractivity contribution in [1.82, 2.24) is 15.0 Å². The molecule has 108 valence electrons. The van der Waals surface area contributed by atoms with Crippen molar-refractivity contribution in [2.75, 3.05) is 11.8 Å². The summed E-state index contributed by atoms with van der Waals surface area (Å²) in [5.74, 6) is 0.661. The van der Waals surface area contributed by atoms with E-state index in [0.717, 1.165) is 5.56 Å². The molecule has 9 heteroatoms. The molecule has 1 N–H and O–H groups in total. The summed E-state index contributed by atoms with van der Waals surface area (Å²) in [6.45, 7) is 1.79. The molecule has 0 aliphatic heterocycles. The number of halogens is 1. The largest absolute Gasteiger partial charge is 0.497 e. The third-order valence-electron chi connectivity index (χ3n) is 2.67. The van der Waals surface area contributed by atoms with Crippen LogP contribution in [0.3, 0.4) is 0 Å².